The highest BCUT2D eigenvalue weighted by Crippen LogP contribution is 2.27. The van der Waals surface area contributed by atoms with Crippen LogP contribution in [0, 0.1) is 18.7 Å². The molecule has 0 radical (unpaired) electrons. The number of aromatic nitrogens is 1. The van der Waals surface area contributed by atoms with Gasteiger partial charge in [-0.15, -0.1) is 0 Å². The highest BCUT2D eigenvalue weighted by Gasteiger charge is 2.27. The van der Waals surface area contributed by atoms with Crippen molar-refractivity contribution in [1.82, 2.24) is 9.88 Å². The minimum atomic E-state index is -0.308. The summed E-state index contributed by atoms with van der Waals surface area (Å²) in [6.07, 6.45) is 0.899. The van der Waals surface area contributed by atoms with Crippen molar-refractivity contribution in [3.8, 4) is 0 Å². The summed E-state index contributed by atoms with van der Waals surface area (Å²) in [6.45, 7) is 7.16. The van der Waals surface area contributed by atoms with Crippen molar-refractivity contribution >= 4 is 22.5 Å². The highest BCUT2D eigenvalue weighted by atomic mass is 19.1. The molecule has 1 atom stereocenters. The lowest BCUT2D eigenvalue weighted by Crippen LogP contribution is -2.34. The first kappa shape index (κ1) is 15.7. The molecule has 4 nitrogen and oxygen atoms in total. The average Bonchev–Trinajstić information content (AvgIpc) is 2.96. The first-order chi connectivity index (χ1) is 11.0. The standard InChI is InChI=1S/C18H22FN3O/c1-11(2)18(23)22-8-7-13(10-22)21-16-9-12(3)20-17-14(16)5-4-6-15(17)19/h4-6,9,11,13H,7-8,10H2,1-3H3,(H,20,21). The fourth-order valence-corrected chi connectivity index (χ4v) is 3.12. The molecule has 122 valence electrons. The number of pyridine rings is 1. The van der Waals surface area contributed by atoms with E-state index in [2.05, 4.69) is 10.3 Å². The molecule has 0 aliphatic carbocycles. The normalized spacial score (nSPS) is 18.0. The lowest BCUT2D eigenvalue weighted by Gasteiger charge is -2.20. The average molecular weight is 315 g/mol. The molecule has 1 aliphatic heterocycles. The lowest BCUT2D eigenvalue weighted by molar-refractivity contribution is -0.133. The van der Waals surface area contributed by atoms with Crippen molar-refractivity contribution in [2.45, 2.75) is 33.2 Å². The molecule has 1 unspecified atom stereocenters. The zero-order valence-corrected chi connectivity index (χ0v) is 13.8. The molecule has 0 bridgehead atoms. The van der Waals surface area contributed by atoms with Gasteiger partial charge in [0.15, 0.2) is 0 Å². The molecule has 5 heteroatoms. The molecule has 1 fully saturated rings. The van der Waals surface area contributed by atoms with Crippen LogP contribution in [0.5, 0.6) is 0 Å². The van der Waals surface area contributed by atoms with Crippen LogP contribution in [0.25, 0.3) is 10.9 Å². The number of nitrogens with zero attached hydrogens (tertiary/aromatic N) is 2. The number of hydrogen-bond donors (Lipinski definition) is 1. The van der Waals surface area contributed by atoms with Crippen LogP contribution in [0.15, 0.2) is 24.3 Å². The molecule has 1 aliphatic rings. The van der Waals surface area contributed by atoms with Gasteiger partial charge in [0.05, 0.1) is 0 Å². The third-order valence-corrected chi connectivity index (χ3v) is 4.27. The number of rotatable bonds is 3. The summed E-state index contributed by atoms with van der Waals surface area (Å²) in [4.78, 5) is 18.3. The molecule has 23 heavy (non-hydrogen) atoms. The van der Waals surface area contributed by atoms with Gasteiger partial charge in [0.1, 0.15) is 11.3 Å². The Balaban J connectivity index is 1.83. The molecular formula is C18H22FN3O. The van der Waals surface area contributed by atoms with E-state index in [1.165, 1.54) is 6.07 Å². The van der Waals surface area contributed by atoms with Crippen molar-refractivity contribution in [2.24, 2.45) is 5.92 Å². The summed E-state index contributed by atoms with van der Waals surface area (Å²) < 4.78 is 14.0. The number of carbonyl (C=O) groups excluding carboxylic acids is 1. The maximum atomic E-state index is 14.0. The van der Waals surface area contributed by atoms with Crippen molar-refractivity contribution in [3.05, 3.63) is 35.8 Å². The molecule has 0 saturated carbocycles. The van der Waals surface area contributed by atoms with Crippen LogP contribution in [0.2, 0.25) is 0 Å². The Kier molecular flexibility index (Phi) is 4.20. The molecule has 3 rings (SSSR count). The maximum absolute atomic E-state index is 14.0. The van der Waals surface area contributed by atoms with Crippen molar-refractivity contribution in [2.75, 3.05) is 18.4 Å². The molecule has 1 amide bonds. The smallest absolute Gasteiger partial charge is 0.225 e. The number of aryl methyl sites for hydroxylation is 1. The Morgan fingerprint density at radius 3 is 2.96 bits per heavy atom. The number of nitrogens with one attached hydrogen (secondary N) is 1. The van der Waals surface area contributed by atoms with Crippen molar-refractivity contribution < 1.29 is 9.18 Å². The number of amides is 1. The number of halogens is 1. The third-order valence-electron chi connectivity index (χ3n) is 4.27. The van der Waals surface area contributed by atoms with E-state index in [-0.39, 0.29) is 23.7 Å². The Labute approximate surface area is 135 Å². The first-order valence-electron chi connectivity index (χ1n) is 8.07. The summed E-state index contributed by atoms with van der Waals surface area (Å²) in [5.41, 5.74) is 2.05. The fraction of sp³-hybridized carbons (Fsp3) is 0.444. The Morgan fingerprint density at radius 1 is 1.43 bits per heavy atom. The molecule has 1 N–H and O–H groups in total. The molecule has 1 aromatic heterocycles. The van der Waals surface area contributed by atoms with E-state index in [0.29, 0.717) is 12.1 Å². The van der Waals surface area contributed by atoms with Crippen LogP contribution in [0.4, 0.5) is 10.1 Å². The van der Waals surface area contributed by atoms with Crippen LogP contribution >= 0.6 is 0 Å². The fourth-order valence-electron chi connectivity index (χ4n) is 3.12. The predicted octanol–water partition coefficient (Wildman–Crippen LogP) is 3.35. The van der Waals surface area contributed by atoms with Gasteiger partial charge in [-0.3, -0.25) is 4.79 Å². The van der Waals surface area contributed by atoms with E-state index in [1.807, 2.05) is 37.8 Å². The largest absolute Gasteiger partial charge is 0.380 e. The van der Waals surface area contributed by atoms with E-state index in [4.69, 9.17) is 0 Å². The number of hydrogen-bond acceptors (Lipinski definition) is 3. The topological polar surface area (TPSA) is 45.2 Å². The van der Waals surface area contributed by atoms with Gasteiger partial charge < -0.3 is 10.2 Å². The van der Waals surface area contributed by atoms with Gasteiger partial charge in [-0.2, -0.15) is 0 Å². The Bertz CT molecular complexity index is 744. The molecule has 1 aromatic carbocycles. The summed E-state index contributed by atoms with van der Waals surface area (Å²) in [5.74, 6) is -0.0970. The number of fused-ring (bicyclic) bond motifs is 1. The number of para-hydroxylation sites is 1. The van der Waals surface area contributed by atoms with E-state index in [0.717, 1.165) is 29.7 Å². The number of likely N-dealkylation sites (tertiary alicyclic amines) is 1. The van der Waals surface area contributed by atoms with Crippen LogP contribution in [-0.2, 0) is 4.79 Å². The van der Waals surface area contributed by atoms with E-state index >= 15 is 0 Å². The highest BCUT2D eigenvalue weighted by molar-refractivity contribution is 5.92. The molecule has 2 aromatic rings. The summed E-state index contributed by atoms with van der Waals surface area (Å²) in [7, 11) is 0. The summed E-state index contributed by atoms with van der Waals surface area (Å²) >= 11 is 0. The third kappa shape index (κ3) is 3.14. The van der Waals surface area contributed by atoms with Crippen LogP contribution in [0.1, 0.15) is 26.0 Å². The lowest BCUT2D eigenvalue weighted by atomic mass is 10.1. The van der Waals surface area contributed by atoms with E-state index in [1.54, 1.807) is 6.07 Å². The monoisotopic (exact) mass is 315 g/mol. The zero-order valence-electron chi connectivity index (χ0n) is 13.8. The Hall–Kier alpha value is -2.17. The van der Waals surface area contributed by atoms with Gasteiger partial charge in [-0.1, -0.05) is 26.0 Å². The van der Waals surface area contributed by atoms with E-state index < -0.39 is 0 Å². The second-order valence-corrected chi connectivity index (χ2v) is 6.52. The quantitative estimate of drug-likeness (QED) is 0.945. The van der Waals surface area contributed by atoms with Gasteiger partial charge in [-0.05, 0) is 25.5 Å². The van der Waals surface area contributed by atoms with Gasteiger partial charge >= 0.3 is 0 Å². The van der Waals surface area contributed by atoms with Gasteiger partial charge in [0, 0.05) is 41.8 Å². The Morgan fingerprint density at radius 2 is 2.22 bits per heavy atom. The minimum Gasteiger partial charge on any atom is -0.380 e. The second-order valence-electron chi connectivity index (χ2n) is 6.52. The van der Waals surface area contributed by atoms with Crippen molar-refractivity contribution in [3.63, 3.8) is 0 Å². The van der Waals surface area contributed by atoms with Gasteiger partial charge in [0.25, 0.3) is 0 Å². The maximum Gasteiger partial charge on any atom is 0.225 e. The predicted molar refractivity (Wildman–Crippen MR) is 89.9 cm³/mol. The van der Waals surface area contributed by atoms with E-state index in [9.17, 15) is 9.18 Å². The van der Waals surface area contributed by atoms with Crippen LogP contribution in [-0.4, -0.2) is 34.9 Å². The summed E-state index contributed by atoms with van der Waals surface area (Å²) in [6, 6.07) is 7.12. The number of carbonyl (C=O) groups is 1. The number of anilines is 1. The second kappa shape index (κ2) is 6.14. The first-order valence-corrected chi connectivity index (χ1v) is 8.07. The SMILES string of the molecule is Cc1cc(NC2CCN(C(=O)C(C)C)C2)c2cccc(F)c2n1. The molecule has 2 heterocycles. The van der Waals surface area contributed by atoms with Crippen molar-refractivity contribution in [1.29, 1.82) is 0 Å². The van der Waals surface area contributed by atoms with Gasteiger partial charge in [-0.25, -0.2) is 9.37 Å². The molecule has 0 spiro atoms. The summed E-state index contributed by atoms with van der Waals surface area (Å²) in [5, 5.41) is 4.26. The van der Waals surface area contributed by atoms with Gasteiger partial charge in [0.2, 0.25) is 5.91 Å². The van der Waals surface area contributed by atoms with Crippen LogP contribution in [0.3, 0.4) is 0 Å². The molecule has 1 saturated heterocycles. The zero-order chi connectivity index (χ0) is 16.6. The number of benzene rings is 1. The van der Waals surface area contributed by atoms with Crippen LogP contribution < -0.4 is 5.32 Å². The minimum absolute atomic E-state index is 0.0202. The molecular weight excluding hydrogens is 293 g/mol.